The molecule has 5 heteroatoms. The Morgan fingerprint density at radius 1 is 1.71 bits per heavy atom. The second-order valence-corrected chi connectivity index (χ2v) is 3.12. The van der Waals surface area contributed by atoms with Crippen LogP contribution < -0.4 is 10.7 Å². The Morgan fingerprint density at radius 3 is 2.93 bits per heavy atom. The SMILES string of the molecule is CCC=C(C)C(=O)NN1CCNC1=O. The number of nitrogens with one attached hydrogen (secondary N) is 2. The summed E-state index contributed by atoms with van der Waals surface area (Å²) in [5, 5.41) is 3.89. The first-order valence-electron chi connectivity index (χ1n) is 4.68. The van der Waals surface area contributed by atoms with Gasteiger partial charge in [-0.25, -0.2) is 9.80 Å². The Hall–Kier alpha value is -1.52. The number of amides is 3. The van der Waals surface area contributed by atoms with Crippen molar-refractivity contribution >= 4 is 11.9 Å². The fourth-order valence-corrected chi connectivity index (χ4v) is 1.19. The van der Waals surface area contributed by atoms with Crippen molar-refractivity contribution in [2.45, 2.75) is 20.3 Å². The largest absolute Gasteiger partial charge is 0.336 e. The minimum absolute atomic E-state index is 0.219. The minimum Gasteiger partial charge on any atom is -0.335 e. The molecule has 14 heavy (non-hydrogen) atoms. The molecular weight excluding hydrogens is 182 g/mol. The van der Waals surface area contributed by atoms with Gasteiger partial charge in [-0.2, -0.15) is 0 Å². The zero-order valence-corrected chi connectivity index (χ0v) is 8.46. The van der Waals surface area contributed by atoms with E-state index in [1.54, 1.807) is 6.92 Å². The molecule has 0 atom stereocenters. The fourth-order valence-electron chi connectivity index (χ4n) is 1.19. The summed E-state index contributed by atoms with van der Waals surface area (Å²) in [4.78, 5) is 22.5. The molecule has 0 bridgehead atoms. The van der Waals surface area contributed by atoms with Gasteiger partial charge in [-0.05, 0) is 13.3 Å². The first-order chi connectivity index (χ1) is 6.65. The van der Waals surface area contributed by atoms with Gasteiger partial charge in [0.1, 0.15) is 0 Å². The summed E-state index contributed by atoms with van der Waals surface area (Å²) < 4.78 is 0. The van der Waals surface area contributed by atoms with Crippen LogP contribution in [0.4, 0.5) is 4.79 Å². The molecule has 1 rings (SSSR count). The number of hydrogen-bond donors (Lipinski definition) is 2. The third-order valence-corrected chi connectivity index (χ3v) is 1.96. The van der Waals surface area contributed by atoms with E-state index < -0.39 is 0 Å². The van der Waals surface area contributed by atoms with Crippen LogP contribution in [-0.4, -0.2) is 30.0 Å². The number of carbonyl (C=O) groups is 2. The molecule has 1 aliphatic rings. The van der Waals surface area contributed by atoms with Crippen LogP contribution in [0.3, 0.4) is 0 Å². The number of urea groups is 1. The van der Waals surface area contributed by atoms with Crippen LogP contribution >= 0.6 is 0 Å². The van der Waals surface area contributed by atoms with E-state index in [4.69, 9.17) is 0 Å². The Balaban J connectivity index is 2.48. The van der Waals surface area contributed by atoms with Gasteiger partial charge in [-0.1, -0.05) is 13.0 Å². The molecule has 0 radical (unpaired) electrons. The third kappa shape index (κ3) is 2.48. The van der Waals surface area contributed by atoms with Gasteiger partial charge in [-0.3, -0.25) is 10.2 Å². The predicted octanol–water partition coefficient (Wildman–Crippen LogP) is 0.399. The van der Waals surface area contributed by atoms with Crippen molar-refractivity contribution in [1.82, 2.24) is 15.8 Å². The molecular formula is C9H15N3O2. The molecule has 0 aromatic carbocycles. The van der Waals surface area contributed by atoms with Gasteiger partial charge in [0.05, 0.1) is 6.54 Å². The summed E-state index contributed by atoms with van der Waals surface area (Å²) >= 11 is 0. The highest BCUT2D eigenvalue weighted by Crippen LogP contribution is 1.98. The van der Waals surface area contributed by atoms with E-state index in [-0.39, 0.29) is 11.9 Å². The molecule has 1 fully saturated rings. The van der Waals surface area contributed by atoms with Gasteiger partial charge in [0.2, 0.25) is 0 Å². The van der Waals surface area contributed by atoms with Crippen LogP contribution in [0.25, 0.3) is 0 Å². The second kappa shape index (κ2) is 4.64. The van der Waals surface area contributed by atoms with Crippen LogP contribution in [0.1, 0.15) is 20.3 Å². The van der Waals surface area contributed by atoms with E-state index in [0.717, 1.165) is 6.42 Å². The van der Waals surface area contributed by atoms with Gasteiger partial charge in [0.25, 0.3) is 5.91 Å². The zero-order chi connectivity index (χ0) is 10.6. The molecule has 2 N–H and O–H groups in total. The molecule has 5 nitrogen and oxygen atoms in total. The summed E-state index contributed by atoms with van der Waals surface area (Å²) in [6, 6.07) is -0.248. The molecule has 78 valence electrons. The molecule has 0 spiro atoms. The maximum absolute atomic E-state index is 11.4. The summed E-state index contributed by atoms with van der Waals surface area (Å²) in [7, 11) is 0. The second-order valence-electron chi connectivity index (χ2n) is 3.12. The monoisotopic (exact) mass is 197 g/mol. The lowest BCUT2D eigenvalue weighted by molar-refractivity contribution is -0.120. The molecule has 0 aromatic rings. The Labute approximate surface area is 83.1 Å². The molecule has 0 unspecified atom stereocenters. The van der Waals surface area contributed by atoms with E-state index in [2.05, 4.69) is 10.7 Å². The van der Waals surface area contributed by atoms with E-state index in [9.17, 15) is 9.59 Å². The van der Waals surface area contributed by atoms with Crippen LogP contribution in [0.15, 0.2) is 11.6 Å². The number of nitrogens with zero attached hydrogens (tertiary/aromatic N) is 1. The highest BCUT2D eigenvalue weighted by Gasteiger charge is 2.21. The van der Waals surface area contributed by atoms with E-state index in [1.807, 2.05) is 13.0 Å². The number of hydrazine groups is 1. The Morgan fingerprint density at radius 2 is 2.43 bits per heavy atom. The molecule has 1 heterocycles. The standard InChI is InChI=1S/C9H15N3O2/c1-3-4-7(2)8(13)11-12-6-5-10-9(12)14/h4H,3,5-6H2,1-2H3,(H,10,14)(H,11,13). The predicted molar refractivity (Wildman–Crippen MR) is 52.3 cm³/mol. The van der Waals surface area contributed by atoms with E-state index >= 15 is 0 Å². The lowest BCUT2D eigenvalue weighted by Crippen LogP contribution is -2.44. The molecule has 0 aromatic heterocycles. The van der Waals surface area contributed by atoms with Gasteiger partial charge >= 0.3 is 6.03 Å². The van der Waals surface area contributed by atoms with Gasteiger partial charge in [-0.15, -0.1) is 0 Å². The van der Waals surface area contributed by atoms with Crippen molar-refractivity contribution < 1.29 is 9.59 Å². The zero-order valence-electron chi connectivity index (χ0n) is 8.46. The van der Waals surface area contributed by atoms with Crippen LogP contribution in [0.5, 0.6) is 0 Å². The fraction of sp³-hybridized carbons (Fsp3) is 0.556. The average Bonchev–Trinajstić information content (AvgIpc) is 2.52. The maximum Gasteiger partial charge on any atom is 0.336 e. The van der Waals surface area contributed by atoms with Crippen molar-refractivity contribution in [3.8, 4) is 0 Å². The van der Waals surface area contributed by atoms with Crippen LogP contribution in [0.2, 0.25) is 0 Å². The number of hydrogen-bond acceptors (Lipinski definition) is 2. The smallest absolute Gasteiger partial charge is 0.335 e. The highest BCUT2D eigenvalue weighted by molar-refractivity contribution is 5.94. The maximum atomic E-state index is 11.4. The third-order valence-electron chi connectivity index (χ3n) is 1.96. The summed E-state index contributed by atoms with van der Waals surface area (Å²) in [6.07, 6.45) is 2.63. The summed E-state index contributed by atoms with van der Waals surface area (Å²) in [5.74, 6) is -0.219. The average molecular weight is 197 g/mol. The Kier molecular flexibility index (Phi) is 3.50. The lowest BCUT2D eigenvalue weighted by Gasteiger charge is -2.15. The van der Waals surface area contributed by atoms with Crippen molar-refractivity contribution in [1.29, 1.82) is 0 Å². The molecule has 3 amide bonds. The van der Waals surface area contributed by atoms with Gasteiger partial charge < -0.3 is 5.32 Å². The lowest BCUT2D eigenvalue weighted by atomic mass is 10.2. The number of carbonyl (C=O) groups excluding carboxylic acids is 2. The molecule has 0 saturated carbocycles. The van der Waals surface area contributed by atoms with Crippen LogP contribution in [0, 0.1) is 0 Å². The number of rotatable bonds is 3. The van der Waals surface area contributed by atoms with Gasteiger partial charge in [0.15, 0.2) is 0 Å². The number of allylic oxidation sites excluding steroid dienone is 1. The first-order valence-corrected chi connectivity index (χ1v) is 4.68. The normalized spacial score (nSPS) is 16.9. The minimum atomic E-state index is -0.248. The van der Waals surface area contributed by atoms with Crippen LogP contribution in [-0.2, 0) is 4.79 Å². The van der Waals surface area contributed by atoms with Crippen molar-refractivity contribution in [3.05, 3.63) is 11.6 Å². The quantitative estimate of drug-likeness (QED) is 0.643. The summed E-state index contributed by atoms with van der Waals surface area (Å²) in [6.45, 7) is 4.78. The topological polar surface area (TPSA) is 61.4 Å². The highest BCUT2D eigenvalue weighted by atomic mass is 16.2. The van der Waals surface area contributed by atoms with Crippen molar-refractivity contribution in [2.24, 2.45) is 0 Å². The molecule has 1 saturated heterocycles. The van der Waals surface area contributed by atoms with Crippen molar-refractivity contribution in [3.63, 3.8) is 0 Å². The summed E-state index contributed by atoms with van der Waals surface area (Å²) in [5.41, 5.74) is 3.16. The molecule has 1 aliphatic heterocycles. The van der Waals surface area contributed by atoms with E-state index in [1.165, 1.54) is 5.01 Å². The first kappa shape index (κ1) is 10.6. The van der Waals surface area contributed by atoms with Gasteiger partial charge in [0, 0.05) is 12.1 Å². The van der Waals surface area contributed by atoms with E-state index in [0.29, 0.717) is 18.7 Å². The van der Waals surface area contributed by atoms with Crippen molar-refractivity contribution in [2.75, 3.05) is 13.1 Å². The molecule has 0 aliphatic carbocycles. The Bertz CT molecular complexity index is 273.